The maximum absolute atomic E-state index is 12.2. The predicted octanol–water partition coefficient (Wildman–Crippen LogP) is -0.606. The largest absolute Gasteiger partial charge is 0.309 e. The summed E-state index contributed by atoms with van der Waals surface area (Å²) in [5.41, 5.74) is 2.02. The van der Waals surface area contributed by atoms with Crippen LogP contribution < -0.4 is 21.7 Å². The molecule has 1 aliphatic rings. The Kier molecular flexibility index (Phi) is 2.92. The topological polar surface area (TPSA) is 106 Å². The maximum Gasteiger partial charge on any atom is 0.291 e. The molecule has 0 fully saturated rings. The average molecular weight is 272 g/mol. The second kappa shape index (κ2) is 4.74. The lowest BCUT2D eigenvalue weighted by atomic mass is 10.3. The van der Waals surface area contributed by atoms with Crippen molar-refractivity contribution in [2.75, 3.05) is 11.4 Å². The van der Waals surface area contributed by atoms with Crippen molar-refractivity contribution in [1.82, 2.24) is 20.2 Å². The first-order valence-corrected chi connectivity index (χ1v) is 6.03. The minimum Gasteiger partial charge on any atom is -0.309 e. The first kappa shape index (κ1) is 12.3. The summed E-state index contributed by atoms with van der Waals surface area (Å²) in [6.45, 7) is 1.05. The van der Waals surface area contributed by atoms with Crippen LogP contribution in [0.15, 0.2) is 35.1 Å². The molecule has 1 amide bonds. The number of fused-ring (bicyclic) bond motifs is 1. The molecule has 0 saturated heterocycles. The van der Waals surface area contributed by atoms with Gasteiger partial charge in [-0.2, -0.15) is 0 Å². The zero-order chi connectivity index (χ0) is 14.1. The molecule has 0 aliphatic carbocycles. The molecule has 0 radical (unpaired) electrons. The summed E-state index contributed by atoms with van der Waals surface area (Å²) in [6, 6.07) is 9.55. The van der Waals surface area contributed by atoms with E-state index in [-0.39, 0.29) is 5.69 Å². The van der Waals surface area contributed by atoms with Gasteiger partial charge < -0.3 is 4.90 Å². The molecule has 20 heavy (non-hydrogen) atoms. The highest BCUT2D eigenvalue weighted by Crippen LogP contribution is 2.25. The first-order valence-electron chi connectivity index (χ1n) is 6.03. The summed E-state index contributed by atoms with van der Waals surface area (Å²) in [4.78, 5) is 25.4. The fourth-order valence-corrected chi connectivity index (χ4v) is 2.17. The summed E-state index contributed by atoms with van der Waals surface area (Å²) >= 11 is 0. The average Bonchev–Trinajstić information content (AvgIpc) is 2.92. The number of anilines is 2. The molecule has 0 bridgehead atoms. The molecule has 3 rings (SSSR count). The molecule has 3 N–H and O–H groups in total. The molecular weight excluding hydrogens is 260 g/mol. The minimum absolute atomic E-state index is 0.300. The van der Waals surface area contributed by atoms with Crippen molar-refractivity contribution in [2.45, 2.75) is 6.54 Å². The number of carbonyl (C=O) groups is 1. The molecule has 102 valence electrons. The molecule has 1 aromatic heterocycles. The number of nitrogen functional groups attached to an aromatic ring is 1. The highest BCUT2D eigenvalue weighted by atomic mass is 16.2. The Bertz CT molecular complexity index is 712. The van der Waals surface area contributed by atoms with E-state index in [2.05, 4.69) is 10.2 Å². The lowest BCUT2D eigenvalue weighted by Gasteiger charge is -2.16. The first-order chi connectivity index (χ1) is 9.72. The Morgan fingerprint density at radius 1 is 1.20 bits per heavy atom. The van der Waals surface area contributed by atoms with Crippen LogP contribution in [-0.2, 0) is 6.54 Å². The van der Waals surface area contributed by atoms with Gasteiger partial charge in [0.1, 0.15) is 0 Å². The molecule has 2 aromatic rings. The molecular formula is C12H12N6O2. The summed E-state index contributed by atoms with van der Waals surface area (Å²) < 4.78 is 1.42. The Balaban J connectivity index is 2.07. The summed E-state index contributed by atoms with van der Waals surface area (Å²) in [6.07, 6.45) is 0. The van der Waals surface area contributed by atoms with E-state index in [0.717, 1.165) is 5.69 Å². The van der Waals surface area contributed by atoms with Gasteiger partial charge in [-0.15, -0.1) is 10.2 Å². The number of para-hydroxylation sites is 1. The third-order valence-electron chi connectivity index (χ3n) is 3.13. The normalized spacial score (nSPS) is 13.2. The number of amides is 1. The van der Waals surface area contributed by atoms with Crippen LogP contribution >= 0.6 is 0 Å². The van der Waals surface area contributed by atoms with Crippen molar-refractivity contribution >= 4 is 17.5 Å². The van der Waals surface area contributed by atoms with Crippen LogP contribution in [0.1, 0.15) is 10.5 Å². The summed E-state index contributed by atoms with van der Waals surface area (Å²) in [5.74, 6) is 4.70. The Hall–Kier alpha value is -2.74. The SMILES string of the molecule is NNC(=O)c1nnc2n(c1=O)CCN2c1ccccc1. The quantitative estimate of drug-likeness (QED) is 0.429. The molecule has 1 aromatic carbocycles. The van der Waals surface area contributed by atoms with Crippen molar-refractivity contribution in [1.29, 1.82) is 0 Å². The third kappa shape index (κ3) is 1.82. The van der Waals surface area contributed by atoms with Crippen LogP contribution in [0.25, 0.3) is 0 Å². The second-order valence-corrected chi connectivity index (χ2v) is 4.27. The van der Waals surface area contributed by atoms with Gasteiger partial charge in [0.2, 0.25) is 11.6 Å². The van der Waals surface area contributed by atoms with E-state index in [4.69, 9.17) is 5.84 Å². The smallest absolute Gasteiger partial charge is 0.291 e. The highest BCUT2D eigenvalue weighted by molar-refractivity contribution is 5.91. The van der Waals surface area contributed by atoms with Gasteiger partial charge in [0.15, 0.2) is 0 Å². The van der Waals surface area contributed by atoms with Crippen LogP contribution in [0.4, 0.5) is 11.6 Å². The van der Waals surface area contributed by atoms with Gasteiger partial charge in [-0.25, -0.2) is 5.84 Å². The Morgan fingerprint density at radius 2 is 1.95 bits per heavy atom. The van der Waals surface area contributed by atoms with E-state index in [9.17, 15) is 9.59 Å². The zero-order valence-corrected chi connectivity index (χ0v) is 10.5. The van der Waals surface area contributed by atoms with Gasteiger partial charge in [0.25, 0.3) is 11.5 Å². The number of benzene rings is 1. The highest BCUT2D eigenvalue weighted by Gasteiger charge is 2.26. The second-order valence-electron chi connectivity index (χ2n) is 4.27. The monoisotopic (exact) mass is 272 g/mol. The van der Waals surface area contributed by atoms with Crippen molar-refractivity contribution in [2.24, 2.45) is 5.84 Å². The van der Waals surface area contributed by atoms with E-state index >= 15 is 0 Å². The number of nitrogens with zero attached hydrogens (tertiary/aromatic N) is 4. The van der Waals surface area contributed by atoms with Gasteiger partial charge in [-0.05, 0) is 12.1 Å². The standard InChI is InChI=1S/C12H12N6O2/c13-14-10(19)9-11(20)18-7-6-17(12(18)16-15-9)8-4-2-1-3-5-8/h1-5H,6-7,13H2,(H,14,19). The van der Waals surface area contributed by atoms with Gasteiger partial charge in [-0.1, -0.05) is 18.2 Å². The van der Waals surface area contributed by atoms with Gasteiger partial charge in [0.05, 0.1) is 0 Å². The number of hydrogen-bond acceptors (Lipinski definition) is 6. The number of aromatic nitrogens is 3. The van der Waals surface area contributed by atoms with Crippen molar-refractivity contribution in [3.63, 3.8) is 0 Å². The fourth-order valence-electron chi connectivity index (χ4n) is 2.17. The van der Waals surface area contributed by atoms with Crippen molar-refractivity contribution < 1.29 is 4.79 Å². The fraction of sp³-hybridized carbons (Fsp3) is 0.167. The molecule has 2 heterocycles. The van der Waals surface area contributed by atoms with Gasteiger partial charge in [0, 0.05) is 18.8 Å². The lowest BCUT2D eigenvalue weighted by Crippen LogP contribution is -2.38. The van der Waals surface area contributed by atoms with Crippen LogP contribution in [0, 0.1) is 0 Å². The molecule has 0 atom stereocenters. The van der Waals surface area contributed by atoms with Crippen LogP contribution in [-0.4, -0.2) is 27.2 Å². The number of rotatable bonds is 2. The lowest BCUT2D eigenvalue weighted by molar-refractivity contribution is 0.0945. The van der Waals surface area contributed by atoms with Crippen LogP contribution in [0.5, 0.6) is 0 Å². The predicted molar refractivity (Wildman–Crippen MR) is 71.4 cm³/mol. The molecule has 8 nitrogen and oxygen atoms in total. The minimum atomic E-state index is -0.740. The van der Waals surface area contributed by atoms with E-state index in [1.807, 2.05) is 40.7 Å². The van der Waals surface area contributed by atoms with Crippen LogP contribution in [0.2, 0.25) is 0 Å². The summed E-state index contributed by atoms with van der Waals surface area (Å²) in [5, 5.41) is 7.65. The van der Waals surface area contributed by atoms with E-state index in [1.54, 1.807) is 0 Å². The van der Waals surface area contributed by atoms with Crippen molar-refractivity contribution in [3.05, 3.63) is 46.4 Å². The number of nitrogens with two attached hydrogens (primary N) is 1. The number of carbonyl (C=O) groups excluding carboxylic acids is 1. The number of hydrogen-bond donors (Lipinski definition) is 2. The molecule has 8 heteroatoms. The van der Waals surface area contributed by atoms with E-state index < -0.39 is 11.5 Å². The number of hydrazine groups is 1. The maximum atomic E-state index is 12.2. The Labute approximate surface area is 113 Å². The van der Waals surface area contributed by atoms with Gasteiger partial charge in [-0.3, -0.25) is 19.6 Å². The zero-order valence-electron chi connectivity index (χ0n) is 10.5. The summed E-state index contributed by atoms with van der Waals surface area (Å²) in [7, 11) is 0. The Morgan fingerprint density at radius 3 is 2.65 bits per heavy atom. The molecule has 0 saturated carbocycles. The third-order valence-corrected chi connectivity index (χ3v) is 3.13. The van der Waals surface area contributed by atoms with E-state index in [1.165, 1.54) is 4.57 Å². The van der Waals surface area contributed by atoms with E-state index in [0.29, 0.717) is 19.0 Å². The van der Waals surface area contributed by atoms with Gasteiger partial charge >= 0.3 is 0 Å². The van der Waals surface area contributed by atoms with Crippen molar-refractivity contribution in [3.8, 4) is 0 Å². The molecule has 1 aliphatic heterocycles. The number of nitrogens with one attached hydrogen (secondary N) is 1. The van der Waals surface area contributed by atoms with Crippen LogP contribution in [0.3, 0.4) is 0 Å². The molecule has 0 unspecified atom stereocenters. The molecule has 0 spiro atoms.